The molecule has 0 bridgehead atoms. The van der Waals surface area contributed by atoms with E-state index in [1.54, 1.807) is 24.3 Å². The zero-order chi connectivity index (χ0) is 22.7. The Bertz CT molecular complexity index is 725. The minimum absolute atomic E-state index is 0.0251. The molecule has 2 amide bonds. The Labute approximate surface area is 182 Å². The fraction of sp³-hybridized carbons (Fsp3) is 0.524. The third-order valence-electron chi connectivity index (χ3n) is 4.39. The Morgan fingerprint density at radius 2 is 1.63 bits per heavy atom. The van der Waals surface area contributed by atoms with Crippen LogP contribution in [-0.4, -0.2) is 53.3 Å². The Balaban J connectivity index is 2.79. The number of aliphatic carboxylic acids is 1. The van der Waals surface area contributed by atoms with Crippen molar-refractivity contribution in [1.82, 2.24) is 10.6 Å². The molecule has 0 aromatic heterocycles. The minimum atomic E-state index is -1.16. The maximum Gasteiger partial charge on any atom is 0.326 e. The Morgan fingerprint density at radius 3 is 2.17 bits per heavy atom. The highest BCUT2D eigenvalue weighted by atomic mass is 32.1. The molecule has 8 nitrogen and oxygen atoms in total. The molecule has 0 fully saturated rings. The lowest BCUT2D eigenvalue weighted by atomic mass is 10.0. The fourth-order valence-electron chi connectivity index (χ4n) is 2.78. The predicted molar refractivity (Wildman–Crippen MR) is 115 cm³/mol. The van der Waals surface area contributed by atoms with Gasteiger partial charge in [0.15, 0.2) is 0 Å². The summed E-state index contributed by atoms with van der Waals surface area (Å²) in [5.74, 6) is -2.62. The number of ether oxygens (including phenoxy) is 1. The van der Waals surface area contributed by atoms with Crippen LogP contribution in [0.2, 0.25) is 0 Å². The number of esters is 1. The molecule has 0 radical (unpaired) electrons. The summed E-state index contributed by atoms with van der Waals surface area (Å²) in [7, 11) is 1.26. The maximum absolute atomic E-state index is 12.8. The summed E-state index contributed by atoms with van der Waals surface area (Å²) >= 11 is 4.20. The zero-order valence-electron chi connectivity index (χ0n) is 17.5. The molecule has 0 aliphatic rings. The number of nitrogens with one attached hydrogen (secondary N) is 2. The summed E-state index contributed by atoms with van der Waals surface area (Å²) in [6, 6.07) is 6.92. The highest BCUT2D eigenvalue weighted by Crippen LogP contribution is 2.11. The summed E-state index contributed by atoms with van der Waals surface area (Å²) in [6.45, 7) is 3.78. The molecule has 1 aromatic rings. The number of amides is 2. The van der Waals surface area contributed by atoms with Crippen LogP contribution in [0.1, 0.15) is 38.7 Å². The van der Waals surface area contributed by atoms with Crippen LogP contribution in [0.25, 0.3) is 0 Å². The van der Waals surface area contributed by atoms with Gasteiger partial charge in [0.1, 0.15) is 12.1 Å². The average molecular weight is 439 g/mol. The second-order valence-corrected chi connectivity index (χ2v) is 8.03. The van der Waals surface area contributed by atoms with Gasteiger partial charge in [-0.15, -0.1) is 0 Å². The van der Waals surface area contributed by atoms with E-state index in [9.17, 15) is 24.3 Å². The number of hydrogen-bond acceptors (Lipinski definition) is 6. The molecule has 166 valence electrons. The number of carboxylic acids is 1. The highest BCUT2D eigenvalue weighted by molar-refractivity contribution is 7.81. The van der Waals surface area contributed by atoms with Gasteiger partial charge in [0.25, 0.3) is 0 Å². The number of carbonyl (C=O) groups is 4. The van der Waals surface area contributed by atoms with Crippen LogP contribution in [0, 0.1) is 5.92 Å². The van der Waals surface area contributed by atoms with Crippen molar-refractivity contribution in [3.8, 4) is 0 Å². The van der Waals surface area contributed by atoms with Crippen LogP contribution in [0.4, 0.5) is 0 Å². The molecule has 1 aromatic carbocycles. The van der Waals surface area contributed by atoms with Crippen molar-refractivity contribution in [3.05, 3.63) is 35.9 Å². The lowest BCUT2D eigenvalue weighted by Gasteiger charge is -2.24. The number of benzene rings is 1. The van der Waals surface area contributed by atoms with Crippen LogP contribution < -0.4 is 10.6 Å². The molecule has 2 unspecified atom stereocenters. The van der Waals surface area contributed by atoms with E-state index in [2.05, 4.69) is 28.0 Å². The smallest absolute Gasteiger partial charge is 0.326 e. The van der Waals surface area contributed by atoms with Gasteiger partial charge in [-0.3, -0.25) is 14.4 Å². The quantitative estimate of drug-likeness (QED) is 0.290. The molecule has 3 atom stereocenters. The van der Waals surface area contributed by atoms with E-state index >= 15 is 0 Å². The summed E-state index contributed by atoms with van der Waals surface area (Å²) in [5, 5.41) is 13.9. The van der Waals surface area contributed by atoms with Crippen LogP contribution in [0.3, 0.4) is 0 Å². The lowest BCUT2D eigenvalue weighted by molar-refractivity contribution is -0.142. The number of rotatable bonds is 12. The molecule has 30 heavy (non-hydrogen) atoms. The van der Waals surface area contributed by atoms with Crippen molar-refractivity contribution in [1.29, 1.82) is 0 Å². The average Bonchev–Trinajstić information content (AvgIpc) is 2.70. The molecule has 0 saturated heterocycles. The van der Waals surface area contributed by atoms with Gasteiger partial charge in [0.05, 0.1) is 12.4 Å². The standard InChI is InChI=1S/C21H30N2O6S/c1-13(2)11-15(22-20(26)17(30)9-10-18(24)29-3)19(25)23-16(21(27)28)12-14-7-5-4-6-8-14/h4-8,13,15-17,30H,9-12H2,1-3H3,(H,22,26)(H,23,25)(H,27,28)/t15?,16-,17?/m0/s1. The largest absolute Gasteiger partial charge is 0.480 e. The number of hydrogen-bond donors (Lipinski definition) is 4. The molecule has 1 rings (SSSR count). The first kappa shape index (κ1) is 25.5. The van der Waals surface area contributed by atoms with Crippen molar-refractivity contribution in [2.24, 2.45) is 5.92 Å². The monoisotopic (exact) mass is 438 g/mol. The van der Waals surface area contributed by atoms with Gasteiger partial charge in [-0.1, -0.05) is 44.2 Å². The second kappa shape index (κ2) is 12.9. The number of carbonyl (C=O) groups excluding carboxylic acids is 3. The van der Waals surface area contributed by atoms with Gasteiger partial charge in [-0.05, 0) is 24.3 Å². The normalized spacial score (nSPS) is 13.8. The van der Waals surface area contributed by atoms with Gasteiger partial charge >= 0.3 is 11.9 Å². The van der Waals surface area contributed by atoms with Gasteiger partial charge in [0.2, 0.25) is 11.8 Å². The maximum atomic E-state index is 12.8. The molecule has 0 spiro atoms. The van der Waals surface area contributed by atoms with Gasteiger partial charge < -0.3 is 20.5 Å². The van der Waals surface area contributed by atoms with E-state index in [0.717, 1.165) is 5.56 Å². The predicted octanol–water partition coefficient (Wildman–Crippen LogP) is 1.58. The highest BCUT2D eigenvalue weighted by Gasteiger charge is 2.28. The minimum Gasteiger partial charge on any atom is -0.480 e. The van der Waals surface area contributed by atoms with Crippen LogP contribution >= 0.6 is 12.6 Å². The number of thiol groups is 1. The van der Waals surface area contributed by atoms with E-state index in [4.69, 9.17) is 0 Å². The van der Waals surface area contributed by atoms with Gasteiger partial charge in [0, 0.05) is 12.8 Å². The third kappa shape index (κ3) is 9.30. The Kier molecular flexibility index (Phi) is 11.0. The first-order chi connectivity index (χ1) is 14.1. The van der Waals surface area contributed by atoms with Crippen molar-refractivity contribution in [2.45, 2.75) is 56.9 Å². The first-order valence-electron chi connectivity index (χ1n) is 9.76. The first-order valence-corrected chi connectivity index (χ1v) is 10.3. The van der Waals surface area contributed by atoms with E-state index in [0.29, 0.717) is 6.42 Å². The van der Waals surface area contributed by atoms with Gasteiger partial charge in [-0.25, -0.2) is 4.79 Å². The van der Waals surface area contributed by atoms with Crippen molar-refractivity contribution < 1.29 is 29.0 Å². The molecule has 0 saturated carbocycles. The zero-order valence-corrected chi connectivity index (χ0v) is 18.4. The van der Waals surface area contributed by atoms with E-state index in [-0.39, 0.29) is 25.2 Å². The van der Waals surface area contributed by atoms with E-state index < -0.39 is 41.1 Å². The van der Waals surface area contributed by atoms with Crippen LogP contribution in [-0.2, 0) is 30.3 Å². The van der Waals surface area contributed by atoms with Crippen LogP contribution in [0.15, 0.2) is 30.3 Å². The molecule has 0 aliphatic heterocycles. The molecule has 0 heterocycles. The van der Waals surface area contributed by atoms with Crippen molar-refractivity contribution >= 4 is 36.4 Å². The summed E-state index contributed by atoms with van der Waals surface area (Å²) < 4.78 is 4.54. The Hall–Kier alpha value is -2.55. The number of methoxy groups -OCH3 is 1. The van der Waals surface area contributed by atoms with E-state index in [1.807, 2.05) is 19.9 Å². The van der Waals surface area contributed by atoms with E-state index in [1.165, 1.54) is 7.11 Å². The molecular weight excluding hydrogens is 408 g/mol. The number of carboxylic acid groups (broad SMARTS) is 1. The fourth-order valence-corrected chi connectivity index (χ4v) is 2.98. The van der Waals surface area contributed by atoms with Crippen molar-refractivity contribution in [3.63, 3.8) is 0 Å². The molecular formula is C21H30N2O6S. The Morgan fingerprint density at radius 1 is 1.03 bits per heavy atom. The summed E-state index contributed by atoms with van der Waals surface area (Å²) in [5.41, 5.74) is 0.771. The lowest BCUT2D eigenvalue weighted by Crippen LogP contribution is -2.53. The topological polar surface area (TPSA) is 122 Å². The van der Waals surface area contributed by atoms with Crippen LogP contribution in [0.5, 0.6) is 0 Å². The molecule has 9 heteroatoms. The third-order valence-corrected chi connectivity index (χ3v) is 4.88. The summed E-state index contributed by atoms with van der Waals surface area (Å²) in [4.78, 5) is 48.1. The molecule has 3 N–H and O–H groups in total. The second-order valence-electron chi connectivity index (χ2n) is 7.41. The SMILES string of the molecule is COC(=O)CCC(S)C(=O)NC(CC(C)C)C(=O)N[C@@H](Cc1ccccc1)C(=O)O. The van der Waals surface area contributed by atoms with Gasteiger partial charge in [-0.2, -0.15) is 12.6 Å². The van der Waals surface area contributed by atoms with Crippen molar-refractivity contribution in [2.75, 3.05) is 7.11 Å². The summed E-state index contributed by atoms with van der Waals surface area (Å²) in [6.07, 6.45) is 0.631. The molecule has 0 aliphatic carbocycles.